The van der Waals surface area contributed by atoms with Gasteiger partial charge in [0.15, 0.2) is 5.78 Å². The van der Waals surface area contributed by atoms with Crippen LogP contribution in [0.15, 0.2) is 24.3 Å². The van der Waals surface area contributed by atoms with Gasteiger partial charge in [-0.05, 0) is 19.9 Å². The van der Waals surface area contributed by atoms with Crippen LogP contribution in [0, 0.1) is 17.0 Å². The molecule has 7 heteroatoms. The molecule has 0 atom stereocenters. The molecule has 0 fully saturated rings. The van der Waals surface area contributed by atoms with Crippen molar-refractivity contribution < 1.29 is 14.5 Å². The highest BCUT2D eigenvalue weighted by Crippen LogP contribution is 2.28. The zero-order valence-corrected chi connectivity index (χ0v) is 10.3. The van der Waals surface area contributed by atoms with E-state index in [-0.39, 0.29) is 22.8 Å². The molecular weight excluding hydrogens is 250 g/mol. The van der Waals surface area contributed by atoms with Crippen LogP contribution in [0.3, 0.4) is 0 Å². The molecule has 0 aliphatic rings. The highest BCUT2D eigenvalue weighted by atomic mass is 16.6. The third-order valence-corrected chi connectivity index (χ3v) is 2.45. The lowest BCUT2D eigenvalue weighted by Gasteiger charge is -2.06. The van der Waals surface area contributed by atoms with E-state index in [1.807, 2.05) is 6.92 Å². The maximum Gasteiger partial charge on any atom is 0.270 e. The summed E-state index contributed by atoms with van der Waals surface area (Å²) in [4.78, 5) is 21.6. The molecule has 0 amide bonds. The molecule has 1 heterocycles. The van der Waals surface area contributed by atoms with Crippen molar-refractivity contribution in [1.29, 1.82) is 0 Å². The number of nitrogens with zero attached hydrogens (tertiary/aromatic N) is 2. The second-order valence-electron chi connectivity index (χ2n) is 3.99. The Morgan fingerprint density at radius 2 is 2.16 bits per heavy atom. The van der Waals surface area contributed by atoms with Gasteiger partial charge in [0, 0.05) is 23.9 Å². The Balaban J connectivity index is 2.39. The Labute approximate surface area is 108 Å². The summed E-state index contributed by atoms with van der Waals surface area (Å²) in [5.41, 5.74) is 0.798. The molecule has 2 rings (SSSR count). The number of nitro groups is 1. The fraction of sp³-hybridized carbons (Fsp3) is 0.167. The first kappa shape index (κ1) is 12.7. The molecule has 0 saturated heterocycles. The van der Waals surface area contributed by atoms with Gasteiger partial charge in [-0.3, -0.25) is 20.0 Å². The van der Waals surface area contributed by atoms with E-state index in [1.165, 1.54) is 25.1 Å². The predicted octanol–water partition coefficient (Wildman–Crippen LogP) is 2.62. The Hall–Kier alpha value is -2.70. The van der Waals surface area contributed by atoms with Gasteiger partial charge in [-0.25, -0.2) is 0 Å². The molecule has 2 aromatic rings. The summed E-state index contributed by atoms with van der Waals surface area (Å²) < 4.78 is 5.44. The zero-order chi connectivity index (χ0) is 14.0. The van der Waals surface area contributed by atoms with Crippen LogP contribution < -0.4 is 4.74 Å². The highest BCUT2D eigenvalue weighted by Gasteiger charge is 2.16. The summed E-state index contributed by atoms with van der Waals surface area (Å²) >= 11 is 0. The Bertz CT molecular complexity index is 648. The zero-order valence-electron chi connectivity index (χ0n) is 10.3. The minimum absolute atomic E-state index is 0.148. The van der Waals surface area contributed by atoms with E-state index >= 15 is 0 Å². The van der Waals surface area contributed by atoms with Crippen molar-refractivity contribution in [2.24, 2.45) is 0 Å². The van der Waals surface area contributed by atoms with Crippen LogP contribution in [0.1, 0.15) is 23.0 Å². The standard InChI is InChI=1S/C12H11N3O4/c1-7-5-12(14-13-7)19-11-4-3-9(15(17)18)6-10(11)8(2)16/h3-6H,1-2H3,(H,13,14). The molecule has 0 aliphatic heterocycles. The van der Waals surface area contributed by atoms with E-state index in [4.69, 9.17) is 4.74 Å². The van der Waals surface area contributed by atoms with E-state index < -0.39 is 4.92 Å². The molecule has 1 N–H and O–H groups in total. The van der Waals surface area contributed by atoms with Crippen LogP contribution in [0.4, 0.5) is 5.69 Å². The Morgan fingerprint density at radius 3 is 2.68 bits per heavy atom. The molecule has 0 spiro atoms. The third-order valence-electron chi connectivity index (χ3n) is 2.45. The number of nitro benzene ring substituents is 1. The van der Waals surface area contributed by atoms with Crippen LogP contribution >= 0.6 is 0 Å². The fourth-order valence-electron chi connectivity index (χ4n) is 1.55. The number of carbonyl (C=O) groups excluding carboxylic acids is 1. The van der Waals surface area contributed by atoms with Gasteiger partial charge in [-0.15, -0.1) is 5.10 Å². The second-order valence-corrected chi connectivity index (χ2v) is 3.99. The largest absolute Gasteiger partial charge is 0.437 e. The average molecular weight is 261 g/mol. The van der Waals surface area contributed by atoms with Crippen molar-refractivity contribution in [3.05, 3.63) is 45.6 Å². The number of ketones is 1. The van der Waals surface area contributed by atoms with Gasteiger partial charge < -0.3 is 4.74 Å². The maximum atomic E-state index is 11.5. The third kappa shape index (κ3) is 2.76. The monoisotopic (exact) mass is 261 g/mol. The Morgan fingerprint density at radius 1 is 1.42 bits per heavy atom. The fourth-order valence-corrected chi connectivity index (χ4v) is 1.55. The first-order chi connectivity index (χ1) is 8.97. The first-order valence-corrected chi connectivity index (χ1v) is 5.46. The average Bonchev–Trinajstić information content (AvgIpc) is 2.74. The molecule has 1 aromatic heterocycles. The lowest BCUT2D eigenvalue weighted by molar-refractivity contribution is -0.384. The minimum atomic E-state index is -0.561. The number of benzene rings is 1. The molecule has 98 valence electrons. The smallest absolute Gasteiger partial charge is 0.270 e. The highest BCUT2D eigenvalue weighted by molar-refractivity contribution is 5.97. The quantitative estimate of drug-likeness (QED) is 0.518. The summed E-state index contributed by atoms with van der Waals surface area (Å²) in [7, 11) is 0. The molecule has 0 bridgehead atoms. The van der Waals surface area contributed by atoms with E-state index in [0.717, 1.165) is 5.69 Å². The molecule has 19 heavy (non-hydrogen) atoms. The molecule has 0 unspecified atom stereocenters. The van der Waals surface area contributed by atoms with Crippen molar-refractivity contribution in [2.45, 2.75) is 13.8 Å². The summed E-state index contributed by atoms with van der Waals surface area (Å²) in [6.07, 6.45) is 0. The number of aromatic nitrogens is 2. The van der Waals surface area contributed by atoms with Crippen LogP contribution in [-0.4, -0.2) is 20.9 Å². The lowest BCUT2D eigenvalue weighted by atomic mass is 10.1. The number of Topliss-reactive ketones (excluding diaryl/α,β-unsaturated/α-hetero) is 1. The minimum Gasteiger partial charge on any atom is -0.437 e. The number of ether oxygens (including phenoxy) is 1. The van der Waals surface area contributed by atoms with E-state index in [0.29, 0.717) is 5.88 Å². The second kappa shape index (κ2) is 4.89. The van der Waals surface area contributed by atoms with Crippen LogP contribution in [0.5, 0.6) is 11.6 Å². The number of rotatable bonds is 4. The van der Waals surface area contributed by atoms with E-state index in [9.17, 15) is 14.9 Å². The van der Waals surface area contributed by atoms with Gasteiger partial charge in [0.1, 0.15) is 5.75 Å². The van der Waals surface area contributed by atoms with Crippen molar-refractivity contribution in [3.63, 3.8) is 0 Å². The van der Waals surface area contributed by atoms with Crippen LogP contribution in [0.2, 0.25) is 0 Å². The molecule has 0 radical (unpaired) electrons. The number of aromatic amines is 1. The predicted molar refractivity (Wildman–Crippen MR) is 66.5 cm³/mol. The normalized spacial score (nSPS) is 10.2. The number of aryl methyl sites for hydroxylation is 1. The molecule has 0 saturated carbocycles. The van der Waals surface area contributed by atoms with Crippen molar-refractivity contribution in [1.82, 2.24) is 10.2 Å². The molecule has 0 aliphatic carbocycles. The number of H-pyrrole nitrogens is 1. The van der Waals surface area contributed by atoms with E-state index in [2.05, 4.69) is 10.2 Å². The number of non-ortho nitro benzene ring substituents is 1. The summed E-state index contributed by atoms with van der Waals surface area (Å²) in [5.74, 6) is 0.226. The summed E-state index contributed by atoms with van der Waals surface area (Å²) in [6.45, 7) is 3.13. The topological polar surface area (TPSA) is 98.1 Å². The molecular formula is C12H11N3O4. The number of carbonyl (C=O) groups is 1. The van der Waals surface area contributed by atoms with Crippen molar-refractivity contribution in [3.8, 4) is 11.6 Å². The summed E-state index contributed by atoms with van der Waals surface area (Å²) in [6, 6.07) is 5.52. The van der Waals surface area contributed by atoms with Gasteiger partial charge in [0.25, 0.3) is 5.69 Å². The molecule has 1 aromatic carbocycles. The van der Waals surface area contributed by atoms with Crippen LogP contribution in [-0.2, 0) is 0 Å². The van der Waals surface area contributed by atoms with Crippen molar-refractivity contribution >= 4 is 11.5 Å². The van der Waals surface area contributed by atoms with Crippen molar-refractivity contribution in [2.75, 3.05) is 0 Å². The summed E-state index contributed by atoms with van der Waals surface area (Å²) in [5, 5.41) is 17.3. The SMILES string of the molecule is CC(=O)c1cc([N+](=O)[O-])ccc1Oc1cc(C)[nH]n1. The number of nitrogens with one attached hydrogen (secondary N) is 1. The Kier molecular flexibility index (Phi) is 3.28. The molecule has 7 nitrogen and oxygen atoms in total. The lowest BCUT2D eigenvalue weighted by Crippen LogP contribution is -1.99. The maximum absolute atomic E-state index is 11.5. The van der Waals surface area contributed by atoms with Gasteiger partial charge in [-0.2, -0.15) is 0 Å². The van der Waals surface area contributed by atoms with Gasteiger partial charge in [0.2, 0.25) is 5.88 Å². The van der Waals surface area contributed by atoms with Gasteiger partial charge in [0.05, 0.1) is 10.5 Å². The van der Waals surface area contributed by atoms with Gasteiger partial charge >= 0.3 is 0 Å². The first-order valence-electron chi connectivity index (χ1n) is 5.46. The van der Waals surface area contributed by atoms with Gasteiger partial charge in [-0.1, -0.05) is 0 Å². The van der Waals surface area contributed by atoms with Crippen LogP contribution in [0.25, 0.3) is 0 Å². The number of hydrogen-bond acceptors (Lipinski definition) is 5. The van der Waals surface area contributed by atoms with E-state index in [1.54, 1.807) is 6.07 Å². The number of hydrogen-bond donors (Lipinski definition) is 1.